The quantitative estimate of drug-likeness (QED) is 0.353. The van der Waals surface area contributed by atoms with Gasteiger partial charge in [-0.15, -0.1) is 0 Å². The maximum atomic E-state index is 5.85. The highest BCUT2D eigenvalue weighted by Gasteiger charge is 2.34. The fourth-order valence-corrected chi connectivity index (χ4v) is 4.58. The van der Waals surface area contributed by atoms with E-state index in [0.717, 1.165) is 28.0 Å². The standard InChI is InChI=1S/C28H26N4OS/c1-18-12-14-22(15-13-18)25-24(27-30-26(31-33-27)23-11-7-8-19(2)16-23)20(3)32(28(34)29-25)17-21-9-5-4-6-10-21/h4-16,25H,17H2,1-3H3,(H,29,34). The molecule has 6 heteroatoms. The number of rotatable bonds is 5. The average molecular weight is 467 g/mol. The number of aromatic nitrogens is 2. The zero-order chi connectivity index (χ0) is 23.7. The molecule has 1 atom stereocenters. The normalized spacial score (nSPS) is 16.0. The van der Waals surface area contributed by atoms with Gasteiger partial charge in [-0.2, -0.15) is 4.98 Å². The zero-order valence-corrected chi connectivity index (χ0v) is 20.3. The summed E-state index contributed by atoms with van der Waals surface area (Å²) in [6.45, 7) is 6.86. The van der Waals surface area contributed by atoms with E-state index in [1.54, 1.807) is 0 Å². The minimum Gasteiger partial charge on any atom is -0.351 e. The predicted octanol–water partition coefficient (Wildman–Crippen LogP) is 6.22. The van der Waals surface area contributed by atoms with Gasteiger partial charge in [0, 0.05) is 17.8 Å². The third-order valence-corrected chi connectivity index (χ3v) is 6.46. The Bertz CT molecular complexity index is 1360. The second kappa shape index (κ2) is 9.23. The van der Waals surface area contributed by atoms with Gasteiger partial charge >= 0.3 is 0 Å². The van der Waals surface area contributed by atoms with E-state index in [0.29, 0.717) is 23.4 Å². The Balaban J connectivity index is 1.60. The zero-order valence-electron chi connectivity index (χ0n) is 19.4. The molecule has 0 saturated carbocycles. The van der Waals surface area contributed by atoms with Crippen molar-refractivity contribution in [3.8, 4) is 11.4 Å². The van der Waals surface area contributed by atoms with E-state index in [-0.39, 0.29) is 6.04 Å². The summed E-state index contributed by atoms with van der Waals surface area (Å²) in [4.78, 5) is 6.91. The molecule has 0 aliphatic carbocycles. The van der Waals surface area contributed by atoms with Crippen LogP contribution in [-0.2, 0) is 6.54 Å². The lowest BCUT2D eigenvalue weighted by Crippen LogP contribution is -2.45. The van der Waals surface area contributed by atoms with E-state index >= 15 is 0 Å². The van der Waals surface area contributed by atoms with Crippen LogP contribution in [-0.4, -0.2) is 20.2 Å². The lowest BCUT2D eigenvalue weighted by Gasteiger charge is -2.37. The highest BCUT2D eigenvalue weighted by Crippen LogP contribution is 2.38. The number of hydrogen-bond acceptors (Lipinski definition) is 4. The van der Waals surface area contributed by atoms with Crippen LogP contribution in [0.1, 0.15) is 41.1 Å². The van der Waals surface area contributed by atoms with Crippen molar-refractivity contribution in [2.75, 3.05) is 0 Å². The Labute approximate surface area is 205 Å². The highest BCUT2D eigenvalue weighted by atomic mass is 32.1. The molecule has 4 aromatic rings. The van der Waals surface area contributed by atoms with Gasteiger partial charge in [-0.25, -0.2) is 0 Å². The lowest BCUT2D eigenvalue weighted by atomic mass is 9.94. The molecule has 5 nitrogen and oxygen atoms in total. The molecule has 0 bridgehead atoms. The van der Waals surface area contributed by atoms with Gasteiger partial charge in [-0.05, 0) is 50.2 Å². The number of benzene rings is 3. The van der Waals surface area contributed by atoms with Crippen LogP contribution in [0.4, 0.5) is 0 Å². The predicted molar refractivity (Wildman–Crippen MR) is 139 cm³/mol. The largest absolute Gasteiger partial charge is 0.351 e. The Morgan fingerprint density at radius 1 is 0.912 bits per heavy atom. The monoisotopic (exact) mass is 466 g/mol. The minimum absolute atomic E-state index is 0.189. The topological polar surface area (TPSA) is 54.2 Å². The second-order valence-corrected chi connectivity index (χ2v) is 9.04. The van der Waals surface area contributed by atoms with Crippen LogP contribution in [0.3, 0.4) is 0 Å². The van der Waals surface area contributed by atoms with Crippen LogP contribution in [0.5, 0.6) is 0 Å². The van der Waals surface area contributed by atoms with Gasteiger partial charge in [0.25, 0.3) is 5.89 Å². The number of allylic oxidation sites excluding steroid dienone is 1. The van der Waals surface area contributed by atoms with Gasteiger partial charge in [-0.3, -0.25) is 0 Å². The second-order valence-electron chi connectivity index (χ2n) is 8.66. The Kier molecular flexibility index (Phi) is 5.99. The van der Waals surface area contributed by atoms with E-state index in [2.05, 4.69) is 84.7 Å². The number of thiocarbonyl (C=S) groups is 1. The molecule has 2 heterocycles. The fourth-order valence-electron chi connectivity index (χ4n) is 4.26. The summed E-state index contributed by atoms with van der Waals surface area (Å²) in [5.41, 5.74) is 7.48. The van der Waals surface area contributed by atoms with Gasteiger partial charge in [0.1, 0.15) is 0 Å². The van der Waals surface area contributed by atoms with Crippen molar-refractivity contribution in [2.45, 2.75) is 33.4 Å². The van der Waals surface area contributed by atoms with Crippen LogP contribution < -0.4 is 5.32 Å². The fraction of sp³-hybridized carbons (Fsp3) is 0.179. The Hall–Kier alpha value is -3.77. The summed E-state index contributed by atoms with van der Waals surface area (Å²) < 4.78 is 5.85. The number of nitrogens with zero attached hydrogens (tertiary/aromatic N) is 3. The molecule has 1 N–H and O–H groups in total. The first-order chi connectivity index (χ1) is 16.5. The summed E-state index contributed by atoms with van der Waals surface area (Å²) in [7, 11) is 0. The molecular weight excluding hydrogens is 440 g/mol. The third kappa shape index (κ3) is 4.37. The van der Waals surface area contributed by atoms with Crippen molar-refractivity contribution >= 4 is 22.9 Å². The molecule has 1 unspecified atom stereocenters. The van der Waals surface area contributed by atoms with E-state index < -0.39 is 0 Å². The number of aryl methyl sites for hydroxylation is 2. The molecule has 5 rings (SSSR count). The molecular formula is C28H26N4OS. The molecule has 0 spiro atoms. The maximum absolute atomic E-state index is 5.85. The molecule has 1 aliphatic heterocycles. The van der Waals surface area contributed by atoms with Crippen molar-refractivity contribution < 1.29 is 4.52 Å². The van der Waals surface area contributed by atoms with Crippen LogP contribution in [0.15, 0.2) is 89.1 Å². The molecule has 0 radical (unpaired) electrons. The third-order valence-electron chi connectivity index (χ3n) is 6.12. The van der Waals surface area contributed by atoms with E-state index in [9.17, 15) is 0 Å². The Morgan fingerprint density at radius 2 is 1.68 bits per heavy atom. The van der Waals surface area contributed by atoms with E-state index in [1.165, 1.54) is 11.1 Å². The van der Waals surface area contributed by atoms with Crippen LogP contribution in [0, 0.1) is 13.8 Å². The van der Waals surface area contributed by atoms with Crippen molar-refractivity contribution in [1.29, 1.82) is 0 Å². The number of nitrogens with one attached hydrogen (secondary N) is 1. The SMILES string of the molecule is CC1=C(c2nc(-c3cccc(C)c3)no2)C(c2ccc(C)cc2)NC(=S)N1Cc1ccccc1. The van der Waals surface area contributed by atoms with Gasteiger partial charge < -0.3 is 14.7 Å². The van der Waals surface area contributed by atoms with E-state index in [4.69, 9.17) is 21.7 Å². The molecule has 0 fully saturated rings. The first-order valence-electron chi connectivity index (χ1n) is 11.3. The Morgan fingerprint density at radius 3 is 2.41 bits per heavy atom. The average Bonchev–Trinajstić information content (AvgIpc) is 3.32. The molecule has 0 saturated heterocycles. The molecule has 170 valence electrons. The van der Waals surface area contributed by atoms with Gasteiger partial charge in [-0.1, -0.05) is 89.1 Å². The first kappa shape index (κ1) is 22.0. The van der Waals surface area contributed by atoms with Crippen LogP contribution in [0.2, 0.25) is 0 Å². The van der Waals surface area contributed by atoms with Gasteiger partial charge in [0.15, 0.2) is 5.11 Å². The van der Waals surface area contributed by atoms with Gasteiger partial charge in [0.05, 0.1) is 11.6 Å². The minimum atomic E-state index is -0.189. The molecule has 3 aromatic carbocycles. The van der Waals surface area contributed by atoms with Crippen LogP contribution in [0.25, 0.3) is 17.0 Å². The molecule has 0 amide bonds. The summed E-state index contributed by atoms with van der Waals surface area (Å²) in [5, 5.41) is 8.51. The number of hydrogen-bond donors (Lipinski definition) is 1. The molecule has 1 aromatic heterocycles. The maximum Gasteiger partial charge on any atom is 0.258 e. The molecule has 34 heavy (non-hydrogen) atoms. The van der Waals surface area contributed by atoms with E-state index in [1.807, 2.05) is 30.3 Å². The first-order valence-corrected chi connectivity index (χ1v) is 11.7. The van der Waals surface area contributed by atoms with Crippen LogP contribution >= 0.6 is 12.2 Å². The summed E-state index contributed by atoms with van der Waals surface area (Å²) in [6, 6.07) is 26.7. The van der Waals surface area contributed by atoms with Crippen molar-refractivity contribution in [1.82, 2.24) is 20.4 Å². The summed E-state index contributed by atoms with van der Waals surface area (Å²) in [5.74, 6) is 1.07. The van der Waals surface area contributed by atoms with Crippen molar-refractivity contribution in [3.05, 3.63) is 113 Å². The van der Waals surface area contributed by atoms with Crippen molar-refractivity contribution in [3.63, 3.8) is 0 Å². The molecule has 1 aliphatic rings. The van der Waals surface area contributed by atoms with Gasteiger partial charge in [0.2, 0.25) is 5.82 Å². The van der Waals surface area contributed by atoms with Crippen molar-refractivity contribution in [2.24, 2.45) is 0 Å². The summed E-state index contributed by atoms with van der Waals surface area (Å²) >= 11 is 5.82. The summed E-state index contributed by atoms with van der Waals surface area (Å²) in [6.07, 6.45) is 0. The smallest absolute Gasteiger partial charge is 0.258 e. The highest BCUT2D eigenvalue weighted by molar-refractivity contribution is 7.80. The lowest BCUT2D eigenvalue weighted by molar-refractivity contribution is 0.396.